The van der Waals surface area contributed by atoms with Gasteiger partial charge in [-0.3, -0.25) is 0 Å². The minimum absolute atomic E-state index is 0.0210. The molecule has 4 heteroatoms. The van der Waals surface area contributed by atoms with Crippen LogP contribution < -0.4 is 0 Å². The van der Waals surface area contributed by atoms with Crippen LogP contribution in [0.2, 0.25) is 0 Å². The number of aromatic nitrogens is 3. The molecule has 1 aromatic rings. The molecule has 2 rings (SSSR count). The van der Waals surface area contributed by atoms with Crippen LogP contribution in [0.4, 0.5) is 0 Å². The maximum atomic E-state index is 9.45. The lowest BCUT2D eigenvalue weighted by Gasteiger charge is -2.38. The summed E-state index contributed by atoms with van der Waals surface area (Å²) in [4.78, 5) is 0. The van der Waals surface area contributed by atoms with Crippen LogP contribution in [0.1, 0.15) is 70.9 Å². The van der Waals surface area contributed by atoms with Crippen molar-refractivity contribution in [2.45, 2.75) is 72.4 Å². The van der Waals surface area contributed by atoms with Crippen molar-refractivity contribution in [1.29, 1.82) is 0 Å². The molecular weight excluding hydrogens is 238 g/mol. The van der Waals surface area contributed by atoms with Gasteiger partial charge in [-0.2, -0.15) is 0 Å². The summed E-state index contributed by atoms with van der Waals surface area (Å²) in [6.45, 7) is 9.93. The van der Waals surface area contributed by atoms with Gasteiger partial charge in [0.1, 0.15) is 12.4 Å². The van der Waals surface area contributed by atoms with Gasteiger partial charge in [0, 0.05) is 12.5 Å². The fourth-order valence-corrected chi connectivity index (χ4v) is 3.26. The van der Waals surface area contributed by atoms with E-state index in [0.717, 1.165) is 12.4 Å². The summed E-state index contributed by atoms with van der Waals surface area (Å²) in [5, 5.41) is 18.1. The summed E-state index contributed by atoms with van der Waals surface area (Å²) >= 11 is 0. The molecule has 1 N–H and O–H groups in total. The third-order valence-corrected chi connectivity index (χ3v) is 4.36. The molecule has 0 bridgehead atoms. The molecule has 0 amide bonds. The fourth-order valence-electron chi connectivity index (χ4n) is 3.26. The molecule has 0 radical (unpaired) electrons. The van der Waals surface area contributed by atoms with E-state index in [9.17, 15) is 5.11 Å². The summed E-state index contributed by atoms with van der Waals surface area (Å²) in [5.41, 5.74) is 0.284. The molecule has 0 saturated heterocycles. The largest absolute Gasteiger partial charge is 0.388 e. The summed E-state index contributed by atoms with van der Waals surface area (Å²) < 4.78 is 2.16. The summed E-state index contributed by atoms with van der Waals surface area (Å²) in [5.74, 6) is 2.80. The van der Waals surface area contributed by atoms with Crippen LogP contribution in [0.5, 0.6) is 0 Å². The molecule has 1 atom stereocenters. The Balaban J connectivity index is 2.35. The molecule has 1 aliphatic carbocycles. The number of rotatable bonds is 4. The maximum Gasteiger partial charge on any atom is 0.158 e. The van der Waals surface area contributed by atoms with Gasteiger partial charge in [0.2, 0.25) is 0 Å². The molecule has 1 fully saturated rings. The summed E-state index contributed by atoms with van der Waals surface area (Å²) in [6.07, 6.45) is 5.03. The Morgan fingerprint density at radius 1 is 1.32 bits per heavy atom. The predicted octanol–water partition coefficient (Wildman–Crippen LogP) is 3.11. The zero-order valence-corrected chi connectivity index (χ0v) is 12.7. The second-order valence-electron chi connectivity index (χ2n) is 6.92. The first-order valence-corrected chi connectivity index (χ1v) is 7.48. The first-order valence-electron chi connectivity index (χ1n) is 7.48. The highest BCUT2D eigenvalue weighted by molar-refractivity contribution is 5.08. The number of hydrogen-bond acceptors (Lipinski definition) is 3. The van der Waals surface area contributed by atoms with Gasteiger partial charge in [0.05, 0.1) is 0 Å². The van der Waals surface area contributed by atoms with Gasteiger partial charge in [-0.15, -0.1) is 10.2 Å². The number of aliphatic hydroxyl groups is 1. The Morgan fingerprint density at radius 2 is 2.05 bits per heavy atom. The molecule has 1 aromatic heterocycles. The van der Waals surface area contributed by atoms with Crippen LogP contribution in [0.3, 0.4) is 0 Å². The molecule has 1 unspecified atom stereocenters. The summed E-state index contributed by atoms with van der Waals surface area (Å²) in [6, 6.07) is 0. The van der Waals surface area contributed by atoms with Crippen molar-refractivity contribution in [3.05, 3.63) is 11.6 Å². The van der Waals surface area contributed by atoms with Crippen LogP contribution in [-0.2, 0) is 13.2 Å². The van der Waals surface area contributed by atoms with Crippen molar-refractivity contribution in [2.24, 2.45) is 11.3 Å². The number of nitrogens with zero attached hydrogens (tertiary/aromatic N) is 3. The first kappa shape index (κ1) is 14.5. The van der Waals surface area contributed by atoms with Gasteiger partial charge in [-0.25, -0.2) is 0 Å². The average molecular weight is 265 g/mol. The monoisotopic (exact) mass is 265 g/mol. The number of hydrogen-bond donors (Lipinski definition) is 1. The van der Waals surface area contributed by atoms with Gasteiger partial charge >= 0.3 is 0 Å². The molecule has 4 nitrogen and oxygen atoms in total. The molecule has 0 spiro atoms. The quantitative estimate of drug-likeness (QED) is 0.910. The molecule has 0 aliphatic heterocycles. The summed E-state index contributed by atoms with van der Waals surface area (Å²) in [7, 11) is 0. The second-order valence-corrected chi connectivity index (χ2v) is 6.92. The Hall–Kier alpha value is -0.900. The molecular formula is C15H27N3O. The number of aliphatic hydroxyl groups excluding tert-OH is 1. The van der Waals surface area contributed by atoms with E-state index in [1.54, 1.807) is 0 Å². The van der Waals surface area contributed by atoms with Gasteiger partial charge in [-0.05, 0) is 24.2 Å². The highest BCUT2D eigenvalue weighted by Crippen LogP contribution is 2.46. The maximum absolute atomic E-state index is 9.45. The van der Waals surface area contributed by atoms with Crippen LogP contribution >= 0.6 is 0 Å². The predicted molar refractivity (Wildman–Crippen MR) is 75.8 cm³/mol. The van der Waals surface area contributed by atoms with E-state index in [4.69, 9.17) is 0 Å². The van der Waals surface area contributed by atoms with Gasteiger partial charge in [0.25, 0.3) is 0 Å². The van der Waals surface area contributed by atoms with Crippen molar-refractivity contribution in [3.8, 4) is 0 Å². The van der Waals surface area contributed by atoms with Gasteiger partial charge < -0.3 is 9.67 Å². The van der Waals surface area contributed by atoms with Crippen LogP contribution in [0.15, 0.2) is 0 Å². The Kier molecular flexibility index (Phi) is 4.29. The Morgan fingerprint density at radius 3 is 2.63 bits per heavy atom. The third kappa shape index (κ3) is 2.99. The van der Waals surface area contributed by atoms with Crippen molar-refractivity contribution < 1.29 is 5.11 Å². The van der Waals surface area contributed by atoms with Crippen molar-refractivity contribution >= 4 is 0 Å². The van der Waals surface area contributed by atoms with E-state index in [0.29, 0.717) is 17.7 Å². The lowest BCUT2D eigenvalue weighted by molar-refractivity contribution is 0.185. The van der Waals surface area contributed by atoms with Crippen LogP contribution in [0, 0.1) is 11.3 Å². The normalized spacial score (nSPS) is 22.9. The van der Waals surface area contributed by atoms with Crippen molar-refractivity contribution in [3.63, 3.8) is 0 Å². The Labute approximate surface area is 116 Å². The topological polar surface area (TPSA) is 50.9 Å². The van der Waals surface area contributed by atoms with E-state index >= 15 is 0 Å². The highest BCUT2D eigenvalue weighted by Gasteiger charge is 2.36. The van der Waals surface area contributed by atoms with Crippen LogP contribution in [-0.4, -0.2) is 19.9 Å². The average Bonchev–Trinajstić information content (AvgIpc) is 2.70. The zero-order chi connectivity index (χ0) is 14.0. The zero-order valence-electron chi connectivity index (χ0n) is 12.7. The highest BCUT2D eigenvalue weighted by atomic mass is 16.3. The molecule has 1 aliphatic rings. The van der Waals surface area contributed by atoms with E-state index in [2.05, 4.69) is 42.5 Å². The molecule has 19 heavy (non-hydrogen) atoms. The van der Waals surface area contributed by atoms with Gasteiger partial charge in [-0.1, -0.05) is 40.5 Å². The lowest BCUT2D eigenvalue weighted by atomic mass is 9.68. The first-order chi connectivity index (χ1) is 8.95. The lowest BCUT2D eigenvalue weighted by Crippen LogP contribution is -2.29. The minimum atomic E-state index is -0.0210. The molecule has 1 saturated carbocycles. The SMILES string of the molecule is CC(C)Cn1c(CO)nnc1C1CCCCC1(C)C. The van der Waals surface area contributed by atoms with E-state index < -0.39 is 0 Å². The van der Waals surface area contributed by atoms with E-state index in [1.807, 2.05) is 0 Å². The van der Waals surface area contributed by atoms with Crippen molar-refractivity contribution in [2.75, 3.05) is 0 Å². The fraction of sp³-hybridized carbons (Fsp3) is 0.867. The van der Waals surface area contributed by atoms with Crippen molar-refractivity contribution in [1.82, 2.24) is 14.8 Å². The minimum Gasteiger partial charge on any atom is -0.388 e. The van der Waals surface area contributed by atoms with E-state index in [1.165, 1.54) is 25.7 Å². The van der Waals surface area contributed by atoms with E-state index in [-0.39, 0.29) is 12.0 Å². The van der Waals surface area contributed by atoms with Crippen LogP contribution in [0.25, 0.3) is 0 Å². The third-order valence-electron chi connectivity index (χ3n) is 4.36. The standard InChI is InChI=1S/C15H27N3O/c1-11(2)9-18-13(10-19)16-17-14(18)12-7-5-6-8-15(12,3)4/h11-12,19H,5-10H2,1-4H3. The molecule has 108 valence electrons. The smallest absolute Gasteiger partial charge is 0.158 e. The Bertz CT molecular complexity index is 423. The van der Waals surface area contributed by atoms with Gasteiger partial charge in [0.15, 0.2) is 5.82 Å². The molecule has 1 heterocycles. The molecule has 0 aromatic carbocycles. The second kappa shape index (κ2) is 5.61.